The fourth-order valence-corrected chi connectivity index (χ4v) is 2.46. The van der Waals surface area contributed by atoms with E-state index in [1.165, 1.54) is 6.42 Å². The van der Waals surface area contributed by atoms with E-state index in [1.54, 1.807) is 12.1 Å². The fraction of sp³-hybridized carbons (Fsp3) is 0.500. The third-order valence-electron chi connectivity index (χ3n) is 2.20. The number of hydrogen-bond acceptors (Lipinski definition) is 3. The van der Waals surface area contributed by atoms with Gasteiger partial charge in [0, 0.05) is 17.0 Å². The number of aromatic hydroxyl groups is 1. The molecule has 0 radical (unpaired) electrons. The monoisotopic (exact) mass is 225 g/mol. The molecular weight excluding hydrogens is 206 g/mol. The molecular formula is C12H19NOS. The summed E-state index contributed by atoms with van der Waals surface area (Å²) in [6, 6.07) is 5.23. The Morgan fingerprint density at radius 3 is 2.80 bits per heavy atom. The Bertz CT molecular complexity index is 312. The first-order valence-corrected chi connectivity index (χ1v) is 6.40. The van der Waals surface area contributed by atoms with Gasteiger partial charge in [0.2, 0.25) is 0 Å². The molecule has 0 atom stereocenters. The van der Waals surface area contributed by atoms with Gasteiger partial charge in [0.25, 0.3) is 0 Å². The highest BCUT2D eigenvalue weighted by Crippen LogP contribution is 2.25. The highest BCUT2D eigenvalue weighted by atomic mass is 32.2. The number of nitrogen functional groups attached to an aromatic ring is 1. The second-order valence-corrected chi connectivity index (χ2v) is 5.23. The number of anilines is 1. The Balaban J connectivity index is 2.40. The van der Waals surface area contributed by atoms with Crippen molar-refractivity contribution >= 4 is 17.4 Å². The molecule has 84 valence electrons. The molecule has 0 amide bonds. The van der Waals surface area contributed by atoms with Gasteiger partial charge in [0.05, 0.1) is 0 Å². The molecule has 0 aliphatic rings. The summed E-state index contributed by atoms with van der Waals surface area (Å²) in [5, 5.41) is 9.57. The molecule has 0 fully saturated rings. The van der Waals surface area contributed by atoms with Crippen molar-refractivity contribution in [1.29, 1.82) is 0 Å². The molecule has 3 heteroatoms. The average molecular weight is 225 g/mol. The Hall–Kier alpha value is -0.830. The Kier molecular flexibility index (Phi) is 4.82. The lowest BCUT2D eigenvalue weighted by Crippen LogP contribution is -1.92. The van der Waals surface area contributed by atoms with Gasteiger partial charge in [-0.15, -0.1) is 0 Å². The molecule has 0 aliphatic carbocycles. The van der Waals surface area contributed by atoms with Crippen LogP contribution in [0.2, 0.25) is 0 Å². The fourth-order valence-electron chi connectivity index (χ4n) is 1.22. The van der Waals surface area contributed by atoms with E-state index in [-0.39, 0.29) is 0 Å². The van der Waals surface area contributed by atoms with E-state index in [0.29, 0.717) is 11.4 Å². The minimum Gasteiger partial charge on any atom is -0.508 e. The summed E-state index contributed by atoms with van der Waals surface area (Å²) in [4.78, 5) is 0. The molecule has 15 heavy (non-hydrogen) atoms. The Morgan fingerprint density at radius 1 is 1.40 bits per heavy atom. The van der Waals surface area contributed by atoms with Crippen LogP contribution >= 0.6 is 11.8 Å². The van der Waals surface area contributed by atoms with Crippen LogP contribution in [0.15, 0.2) is 18.2 Å². The lowest BCUT2D eigenvalue weighted by Gasteiger charge is -2.07. The number of benzene rings is 1. The zero-order valence-electron chi connectivity index (χ0n) is 9.36. The predicted molar refractivity (Wildman–Crippen MR) is 68.1 cm³/mol. The standard InChI is InChI=1S/C12H19NOS/c1-9(2)5-6-15-8-10-7-11(13)3-4-12(10)14/h3-4,7,9,14H,5-6,8,13H2,1-2H3. The molecule has 1 rings (SSSR count). The maximum atomic E-state index is 9.57. The van der Waals surface area contributed by atoms with Crippen molar-refractivity contribution in [2.45, 2.75) is 26.0 Å². The normalized spacial score (nSPS) is 10.9. The minimum absolute atomic E-state index is 0.348. The van der Waals surface area contributed by atoms with Crippen LogP contribution < -0.4 is 5.73 Å². The van der Waals surface area contributed by atoms with Gasteiger partial charge in [-0.1, -0.05) is 13.8 Å². The maximum Gasteiger partial charge on any atom is 0.119 e. The van der Waals surface area contributed by atoms with E-state index >= 15 is 0 Å². The second kappa shape index (κ2) is 5.91. The molecule has 2 nitrogen and oxygen atoms in total. The average Bonchev–Trinajstić information content (AvgIpc) is 2.17. The lowest BCUT2D eigenvalue weighted by atomic mass is 10.2. The van der Waals surface area contributed by atoms with Gasteiger partial charge < -0.3 is 10.8 Å². The van der Waals surface area contributed by atoms with Crippen LogP contribution in [0.1, 0.15) is 25.8 Å². The molecule has 0 heterocycles. The summed E-state index contributed by atoms with van der Waals surface area (Å²) >= 11 is 1.84. The molecule has 1 aromatic rings. The Morgan fingerprint density at radius 2 is 2.13 bits per heavy atom. The van der Waals surface area contributed by atoms with E-state index in [9.17, 15) is 5.11 Å². The van der Waals surface area contributed by atoms with Crippen molar-refractivity contribution in [2.24, 2.45) is 5.92 Å². The van der Waals surface area contributed by atoms with Crippen LogP contribution in [0.4, 0.5) is 5.69 Å². The van der Waals surface area contributed by atoms with Crippen LogP contribution in [0, 0.1) is 5.92 Å². The highest BCUT2D eigenvalue weighted by Gasteiger charge is 2.02. The molecule has 3 N–H and O–H groups in total. The molecule has 0 bridgehead atoms. The van der Waals surface area contributed by atoms with Gasteiger partial charge in [-0.25, -0.2) is 0 Å². The van der Waals surface area contributed by atoms with Gasteiger partial charge in [-0.2, -0.15) is 11.8 Å². The number of thioether (sulfide) groups is 1. The summed E-state index contributed by atoms with van der Waals surface area (Å²) in [6.45, 7) is 4.44. The molecule has 0 saturated carbocycles. The van der Waals surface area contributed by atoms with Crippen molar-refractivity contribution < 1.29 is 5.11 Å². The number of nitrogens with two attached hydrogens (primary N) is 1. The largest absolute Gasteiger partial charge is 0.508 e. The van der Waals surface area contributed by atoms with Gasteiger partial charge in [-0.05, 0) is 36.3 Å². The number of phenolic OH excluding ortho intramolecular Hbond substituents is 1. The minimum atomic E-state index is 0.348. The number of rotatable bonds is 5. The Labute approximate surface area is 95.9 Å². The van der Waals surface area contributed by atoms with E-state index in [0.717, 1.165) is 23.0 Å². The van der Waals surface area contributed by atoms with E-state index < -0.39 is 0 Å². The van der Waals surface area contributed by atoms with Crippen LogP contribution in [0.25, 0.3) is 0 Å². The smallest absolute Gasteiger partial charge is 0.119 e. The van der Waals surface area contributed by atoms with Gasteiger partial charge in [-0.3, -0.25) is 0 Å². The summed E-state index contributed by atoms with van der Waals surface area (Å²) in [5.74, 6) is 3.06. The molecule has 0 saturated heterocycles. The first-order valence-electron chi connectivity index (χ1n) is 5.24. The summed E-state index contributed by atoms with van der Waals surface area (Å²) in [6.07, 6.45) is 1.22. The van der Waals surface area contributed by atoms with Crippen LogP contribution in [0.5, 0.6) is 5.75 Å². The number of phenols is 1. The van der Waals surface area contributed by atoms with Crippen molar-refractivity contribution in [3.8, 4) is 5.75 Å². The van der Waals surface area contributed by atoms with Crippen molar-refractivity contribution in [1.82, 2.24) is 0 Å². The van der Waals surface area contributed by atoms with Crippen LogP contribution in [0.3, 0.4) is 0 Å². The first kappa shape index (κ1) is 12.2. The maximum absolute atomic E-state index is 9.57. The number of hydrogen-bond donors (Lipinski definition) is 2. The zero-order chi connectivity index (χ0) is 11.3. The van der Waals surface area contributed by atoms with Gasteiger partial charge >= 0.3 is 0 Å². The predicted octanol–water partition coefficient (Wildman–Crippen LogP) is 3.25. The molecule has 0 aromatic heterocycles. The van der Waals surface area contributed by atoms with Crippen molar-refractivity contribution in [3.05, 3.63) is 23.8 Å². The summed E-state index contributed by atoms with van der Waals surface area (Å²) < 4.78 is 0. The SMILES string of the molecule is CC(C)CCSCc1cc(N)ccc1O. The van der Waals surface area contributed by atoms with Gasteiger partial charge in [0.15, 0.2) is 0 Å². The molecule has 0 spiro atoms. The van der Waals surface area contributed by atoms with E-state index in [2.05, 4.69) is 13.8 Å². The van der Waals surface area contributed by atoms with Crippen LogP contribution in [-0.4, -0.2) is 10.9 Å². The third kappa shape index (κ3) is 4.47. The van der Waals surface area contributed by atoms with E-state index in [1.807, 2.05) is 17.8 Å². The first-order chi connectivity index (χ1) is 7.09. The van der Waals surface area contributed by atoms with E-state index in [4.69, 9.17) is 5.73 Å². The van der Waals surface area contributed by atoms with Gasteiger partial charge in [0.1, 0.15) is 5.75 Å². The quantitative estimate of drug-likeness (QED) is 0.459. The molecule has 1 aromatic carbocycles. The van der Waals surface area contributed by atoms with Crippen LogP contribution in [-0.2, 0) is 5.75 Å². The lowest BCUT2D eigenvalue weighted by molar-refractivity contribution is 0.471. The molecule has 0 aliphatic heterocycles. The third-order valence-corrected chi connectivity index (χ3v) is 3.24. The summed E-state index contributed by atoms with van der Waals surface area (Å²) in [7, 11) is 0. The van der Waals surface area contributed by atoms with Crippen molar-refractivity contribution in [2.75, 3.05) is 11.5 Å². The summed E-state index contributed by atoms with van der Waals surface area (Å²) in [5.41, 5.74) is 7.31. The molecule has 0 unspecified atom stereocenters. The topological polar surface area (TPSA) is 46.2 Å². The van der Waals surface area contributed by atoms with Crippen molar-refractivity contribution in [3.63, 3.8) is 0 Å². The zero-order valence-corrected chi connectivity index (χ0v) is 10.2. The highest BCUT2D eigenvalue weighted by molar-refractivity contribution is 7.98. The second-order valence-electron chi connectivity index (χ2n) is 4.12.